The van der Waals surface area contributed by atoms with Crippen molar-refractivity contribution < 1.29 is 23.9 Å². The molecule has 0 N–H and O–H groups in total. The quantitative estimate of drug-likeness (QED) is 0.560. The molecule has 0 spiro atoms. The van der Waals surface area contributed by atoms with Crippen molar-refractivity contribution in [3.8, 4) is 5.75 Å². The zero-order valence-electron chi connectivity index (χ0n) is 16.3. The van der Waals surface area contributed by atoms with Crippen LogP contribution >= 0.6 is 23.2 Å². The lowest BCUT2D eigenvalue weighted by Crippen LogP contribution is -2.44. The van der Waals surface area contributed by atoms with Crippen LogP contribution in [0.1, 0.15) is 17.5 Å². The smallest absolute Gasteiger partial charge is 0.416 e. The van der Waals surface area contributed by atoms with E-state index in [2.05, 4.69) is 0 Å². The third-order valence-corrected chi connectivity index (χ3v) is 5.72. The van der Waals surface area contributed by atoms with E-state index in [4.69, 9.17) is 32.7 Å². The fraction of sp³-hybridized carbons (Fsp3) is 0.318. The zero-order chi connectivity index (χ0) is 21.7. The van der Waals surface area contributed by atoms with Crippen LogP contribution in [0.15, 0.2) is 42.5 Å². The topological polar surface area (TPSA) is 72.9 Å². The molecule has 0 saturated carbocycles. The van der Waals surface area contributed by atoms with Crippen molar-refractivity contribution in [1.82, 2.24) is 4.90 Å². The third kappa shape index (κ3) is 4.94. The summed E-state index contributed by atoms with van der Waals surface area (Å²) in [7, 11) is 1.49. The standard InChI is InChI=1S/C22H21Cl2NO5/c1-29-17-11-19(23)18(20(24)12-17)10-15(7-8-26)21(27)25-16(13-30-22(25)28)9-14-5-3-2-4-6-14/h2-6,8,11-12,15-16H,7,9-10,13H2,1H3/t15?,16-/m1/s1. The molecule has 2 atom stereocenters. The SMILES string of the molecule is COc1cc(Cl)c(CC(CC=O)C(=O)N2C(=O)OC[C@H]2Cc2ccccc2)c(Cl)c1. The molecule has 2 aromatic rings. The van der Waals surface area contributed by atoms with Gasteiger partial charge in [-0.25, -0.2) is 9.69 Å². The van der Waals surface area contributed by atoms with Gasteiger partial charge in [-0.1, -0.05) is 53.5 Å². The van der Waals surface area contributed by atoms with E-state index >= 15 is 0 Å². The summed E-state index contributed by atoms with van der Waals surface area (Å²) in [4.78, 5) is 38.0. The normalized spacial score (nSPS) is 16.8. The molecule has 6 nitrogen and oxygen atoms in total. The average molecular weight is 450 g/mol. The maximum atomic E-state index is 13.3. The molecule has 1 fully saturated rings. The summed E-state index contributed by atoms with van der Waals surface area (Å²) in [6, 6.07) is 12.3. The van der Waals surface area contributed by atoms with Gasteiger partial charge in [0.1, 0.15) is 18.6 Å². The Labute approximate surface area is 184 Å². The third-order valence-electron chi connectivity index (χ3n) is 5.04. The van der Waals surface area contributed by atoms with Crippen LogP contribution in [0.5, 0.6) is 5.75 Å². The molecule has 1 aliphatic rings. The monoisotopic (exact) mass is 449 g/mol. The van der Waals surface area contributed by atoms with E-state index in [9.17, 15) is 14.4 Å². The Morgan fingerprint density at radius 1 is 1.27 bits per heavy atom. The van der Waals surface area contributed by atoms with Crippen molar-refractivity contribution in [1.29, 1.82) is 0 Å². The fourth-order valence-electron chi connectivity index (χ4n) is 3.49. The summed E-state index contributed by atoms with van der Waals surface area (Å²) in [5.41, 5.74) is 1.50. The van der Waals surface area contributed by atoms with E-state index in [-0.39, 0.29) is 19.4 Å². The van der Waals surface area contributed by atoms with Crippen LogP contribution in [-0.2, 0) is 27.2 Å². The molecule has 0 aromatic heterocycles. The Balaban J connectivity index is 1.83. The number of benzene rings is 2. The number of halogens is 2. The number of rotatable bonds is 8. The summed E-state index contributed by atoms with van der Waals surface area (Å²) >= 11 is 12.6. The lowest BCUT2D eigenvalue weighted by molar-refractivity contribution is -0.134. The first-order chi connectivity index (χ1) is 14.4. The van der Waals surface area contributed by atoms with E-state index in [1.807, 2.05) is 30.3 Å². The number of carbonyl (C=O) groups is 3. The van der Waals surface area contributed by atoms with Crippen LogP contribution in [0.3, 0.4) is 0 Å². The molecule has 1 heterocycles. The zero-order valence-corrected chi connectivity index (χ0v) is 17.9. The molecule has 30 heavy (non-hydrogen) atoms. The minimum Gasteiger partial charge on any atom is -0.497 e. The maximum Gasteiger partial charge on any atom is 0.416 e. The number of imide groups is 1. The highest BCUT2D eigenvalue weighted by atomic mass is 35.5. The molecule has 0 radical (unpaired) electrons. The number of nitrogens with zero attached hydrogens (tertiary/aromatic N) is 1. The van der Waals surface area contributed by atoms with Crippen LogP contribution in [0.25, 0.3) is 0 Å². The summed E-state index contributed by atoms with van der Waals surface area (Å²) < 4.78 is 10.3. The number of aldehydes is 1. The van der Waals surface area contributed by atoms with Gasteiger partial charge < -0.3 is 14.3 Å². The lowest BCUT2D eigenvalue weighted by Gasteiger charge is -2.24. The van der Waals surface area contributed by atoms with Gasteiger partial charge >= 0.3 is 6.09 Å². The molecule has 0 bridgehead atoms. The summed E-state index contributed by atoms with van der Waals surface area (Å²) in [6.07, 6.45) is 0.460. The molecule has 1 aliphatic heterocycles. The molecular formula is C22H21Cl2NO5. The van der Waals surface area contributed by atoms with E-state index in [0.29, 0.717) is 34.1 Å². The molecule has 1 unspecified atom stereocenters. The fourth-order valence-corrected chi connectivity index (χ4v) is 4.11. The van der Waals surface area contributed by atoms with E-state index in [1.54, 1.807) is 12.1 Å². The van der Waals surface area contributed by atoms with Gasteiger partial charge in [-0.15, -0.1) is 0 Å². The van der Waals surface area contributed by atoms with Crippen molar-refractivity contribution in [2.75, 3.05) is 13.7 Å². The second-order valence-electron chi connectivity index (χ2n) is 7.00. The summed E-state index contributed by atoms with van der Waals surface area (Å²) in [6.45, 7) is 0.108. The summed E-state index contributed by atoms with van der Waals surface area (Å²) in [5, 5.41) is 0.653. The molecule has 8 heteroatoms. The Hall–Kier alpha value is -2.57. The molecule has 2 aromatic carbocycles. The van der Waals surface area contributed by atoms with Crippen LogP contribution in [0.4, 0.5) is 4.79 Å². The molecule has 158 valence electrons. The van der Waals surface area contributed by atoms with Gasteiger partial charge in [-0.05, 0) is 36.1 Å². The van der Waals surface area contributed by atoms with Crippen molar-refractivity contribution in [2.24, 2.45) is 5.92 Å². The number of hydrogen-bond donors (Lipinski definition) is 0. The van der Waals surface area contributed by atoms with Gasteiger partial charge in [0.25, 0.3) is 0 Å². The first-order valence-corrected chi connectivity index (χ1v) is 10.2. The predicted octanol–water partition coefficient (Wildman–Crippen LogP) is 4.34. The highest BCUT2D eigenvalue weighted by Crippen LogP contribution is 2.33. The van der Waals surface area contributed by atoms with Gasteiger partial charge in [0.05, 0.1) is 13.2 Å². The highest BCUT2D eigenvalue weighted by Gasteiger charge is 2.41. The number of methoxy groups -OCH3 is 1. The van der Waals surface area contributed by atoms with Gasteiger partial charge in [-0.2, -0.15) is 0 Å². The second kappa shape index (κ2) is 9.96. The minimum absolute atomic E-state index is 0.0701. The van der Waals surface area contributed by atoms with Crippen LogP contribution in [0, 0.1) is 5.92 Å². The van der Waals surface area contributed by atoms with E-state index in [1.165, 1.54) is 7.11 Å². The van der Waals surface area contributed by atoms with Crippen molar-refractivity contribution in [3.63, 3.8) is 0 Å². The van der Waals surface area contributed by atoms with Crippen molar-refractivity contribution >= 4 is 41.5 Å². The van der Waals surface area contributed by atoms with E-state index < -0.39 is 24.0 Å². The van der Waals surface area contributed by atoms with Crippen LogP contribution in [-0.4, -0.2) is 42.9 Å². The highest BCUT2D eigenvalue weighted by molar-refractivity contribution is 6.36. The predicted molar refractivity (Wildman–Crippen MR) is 113 cm³/mol. The second-order valence-corrected chi connectivity index (χ2v) is 7.82. The number of hydrogen-bond acceptors (Lipinski definition) is 5. The van der Waals surface area contributed by atoms with Crippen LogP contribution in [0.2, 0.25) is 10.0 Å². The van der Waals surface area contributed by atoms with Gasteiger partial charge in [0.15, 0.2) is 0 Å². The Bertz CT molecular complexity index is 911. The first kappa shape index (κ1) is 22.1. The van der Waals surface area contributed by atoms with Crippen LogP contribution < -0.4 is 4.74 Å². The van der Waals surface area contributed by atoms with Gasteiger partial charge in [0, 0.05) is 22.4 Å². The molecule has 0 aliphatic carbocycles. The first-order valence-electron chi connectivity index (χ1n) is 9.43. The molecule has 2 amide bonds. The molecular weight excluding hydrogens is 429 g/mol. The Kier molecular flexibility index (Phi) is 7.34. The Morgan fingerprint density at radius 2 is 1.93 bits per heavy atom. The molecule has 1 saturated heterocycles. The molecule has 3 rings (SSSR count). The number of ether oxygens (including phenoxy) is 2. The van der Waals surface area contributed by atoms with Crippen molar-refractivity contribution in [2.45, 2.75) is 25.3 Å². The number of amides is 2. The van der Waals surface area contributed by atoms with Gasteiger partial charge in [0.2, 0.25) is 5.91 Å². The average Bonchev–Trinajstić information content (AvgIpc) is 3.09. The maximum absolute atomic E-state index is 13.3. The number of cyclic esters (lactones) is 1. The Morgan fingerprint density at radius 3 is 2.53 bits per heavy atom. The lowest BCUT2D eigenvalue weighted by atomic mass is 9.94. The largest absolute Gasteiger partial charge is 0.497 e. The minimum atomic E-state index is -0.796. The number of carbonyl (C=O) groups excluding carboxylic acids is 3. The summed E-state index contributed by atoms with van der Waals surface area (Å²) in [5.74, 6) is -0.790. The van der Waals surface area contributed by atoms with E-state index in [0.717, 1.165) is 10.5 Å². The van der Waals surface area contributed by atoms with Crippen molar-refractivity contribution in [3.05, 3.63) is 63.6 Å². The van der Waals surface area contributed by atoms with Gasteiger partial charge in [-0.3, -0.25) is 4.79 Å².